The molecule has 0 saturated carbocycles. The van der Waals surface area contributed by atoms with Crippen molar-refractivity contribution in [3.8, 4) is 0 Å². The van der Waals surface area contributed by atoms with Crippen LogP contribution in [0, 0.1) is 5.82 Å². The van der Waals surface area contributed by atoms with Gasteiger partial charge in [0.05, 0.1) is 19.1 Å². The molecule has 6 heteroatoms. The smallest absolute Gasteiger partial charge is 0.306 e. The van der Waals surface area contributed by atoms with Crippen molar-refractivity contribution in [3.05, 3.63) is 35.6 Å². The topological polar surface area (TPSA) is 66.8 Å². The maximum absolute atomic E-state index is 13.2. The SMILES string of the molecule is C[C@H](CC(=O)N1CCO[C@H](CC(=O)O)C1)c1cccc(F)c1. The lowest BCUT2D eigenvalue weighted by Gasteiger charge is -2.33. The van der Waals surface area contributed by atoms with Crippen LogP contribution in [0.4, 0.5) is 4.39 Å². The number of amides is 1. The zero-order valence-electron chi connectivity index (χ0n) is 12.5. The zero-order chi connectivity index (χ0) is 16.1. The van der Waals surface area contributed by atoms with E-state index >= 15 is 0 Å². The van der Waals surface area contributed by atoms with Crippen molar-refractivity contribution in [2.75, 3.05) is 19.7 Å². The van der Waals surface area contributed by atoms with Gasteiger partial charge in [-0.1, -0.05) is 19.1 Å². The Hall–Kier alpha value is -1.95. The van der Waals surface area contributed by atoms with Gasteiger partial charge in [0.1, 0.15) is 5.82 Å². The van der Waals surface area contributed by atoms with Crippen LogP contribution in [0.25, 0.3) is 0 Å². The molecule has 1 aromatic rings. The van der Waals surface area contributed by atoms with Gasteiger partial charge in [-0.15, -0.1) is 0 Å². The molecular formula is C16H20FNO4. The number of hydrogen-bond acceptors (Lipinski definition) is 3. The number of halogens is 1. The van der Waals surface area contributed by atoms with Gasteiger partial charge < -0.3 is 14.7 Å². The predicted octanol–water partition coefficient (Wildman–Crippen LogP) is 2.02. The van der Waals surface area contributed by atoms with Gasteiger partial charge in [-0.05, 0) is 23.6 Å². The maximum atomic E-state index is 13.2. The van der Waals surface area contributed by atoms with E-state index < -0.39 is 12.1 Å². The summed E-state index contributed by atoms with van der Waals surface area (Å²) in [7, 11) is 0. The van der Waals surface area contributed by atoms with Crippen molar-refractivity contribution in [2.24, 2.45) is 0 Å². The van der Waals surface area contributed by atoms with E-state index in [0.29, 0.717) is 19.7 Å². The number of carbonyl (C=O) groups is 2. The quantitative estimate of drug-likeness (QED) is 0.903. The van der Waals surface area contributed by atoms with Gasteiger partial charge in [-0.3, -0.25) is 9.59 Å². The second-order valence-electron chi connectivity index (χ2n) is 5.59. The molecule has 0 aromatic heterocycles. The second kappa shape index (κ2) is 7.35. The Morgan fingerprint density at radius 2 is 2.27 bits per heavy atom. The molecule has 0 aliphatic carbocycles. The molecule has 1 N–H and O–H groups in total. The van der Waals surface area contributed by atoms with E-state index in [9.17, 15) is 14.0 Å². The van der Waals surface area contributed by atoms with Crippen LogP contribution in [0.3, 0.4) is 0 Å². The lowest BCUT2D eigenvalue weighted by atomic mass is 9.97. The lowest BCUT2D eigenvalue weighted by Crippen LogP contribution is -2.46. The first kappa shape index (κ1) is 16.4. The monoisotopic (exact) mass is 309 g/mol. The van der Waals surface area contributed by atoms with Crippen molar-refractivity contribution < 1.29 is 23.8 Å². The van der Waals surface area contributed by atoms with E-state index in [4.69, 9.17) is 9.84 Å². The third kappa shape index (κ3) is 4.53. The van der Waals surface area contributed by atoms with Crippen LogP contribution in [0.1, 0.15) is 31.2 Å². The summed E-state index contributed by atoms with van der Waals surface area (Å²) in [5.41, 5.74) is 0.781. The summed E-state index contributed by atoms with van der Waals surface area (Å²) in [6, 6.07) is 6.23. The largest absolute Gasteiger partial charge is 0.481 e. The van der Waals surface area contributed by atoms with Crippen LogP contribution < -0.4 is 0 Å². The summed E-state index contributed by atoms with van der Waals surface area (Å²) >= 11 is 0. The van der Waals surface area contributed by atoms with E-state index in [1.807, 2.05) is 6.92 Å². The molecule has 0 bridgehead atoms. The minimum Gasteiger partial charge on any atom is -0.481 e. The number of rotatable bonds is 5. The molecule has 0 unspecified atom stereocenters. The van der Waals surface area contributed by atoms with E-state index in [-0.39, 0.29) is 30.5 Å². The van der Waals surface area contributed by atoms with Crippen molar-refractivity contribution >= 4 is 11.9 Å². The zero-order valence-corrected chi connectivity index (χ0v) is 12.5. The van der Waals surface area contributed by atoms with Gasteiger partial charge >= 0.3 is 5.97 Å². The maximum Gasteiger partial charge on any atom is 0.306 e. The molecule has 1 aromatic carbocycles. The third-order valence-corrected chi connectivity index (χ3v) is 3.79. The fraction of sp³-hybridized carbons (Fsp3) is 0.500. The first-order chi connectivity index (χ1) is 10.5. The van der Waals surface area contributed by atoms with Gasteiger partial charge in [0, 0.05) is 19.5 Å². The highest BCUT2D eigenvalue weighted by atomic mass is 19.1. The van der Waals surface area contributed by atoms with Gasteiger partial charge in [-0.2, -0.15) is 0 Å². The van der Waals surface area contributed by atoms with Crippen LogP contribution in [-0.4, -0.2) is 47.7 Å². The number of hydrogen-bond donors (Lipinski definition) is 1. The van der Waals surface area contributed by atoms with Gasteiger partial charge in [0.15, 0.2) is 0 Å². The molecule has 1 heterocycles. The highest BCUT2D eigenvalue weighted by Crippen LogP contribution is 2.21. The van der Waals surface area contributed by atoms with Gasteiger partial charge in [0.2, 0.25) is 5.91 Å². The molecule has 1 fully saturated rings. The summed E-state index contributed by atoms with van der Waals surface area (Å²) in [5, 5.41) is 8.79. The average Bonchev–Trinajstić information content (AvgIpc) is 2.46. The summed E-state index contributed by atoms with van der Waals surface area (Å²) in [4.78, 5) is 24.7. The van der Waals surface area contributed by atoms with Crippen LogP contribution in [0.2, 0.25) is 0 Å². The Kier molecular flexibility index (Phi) is 5.49. The average molecular weight is 309 g/mol. The van der Waals surface area contributed by atoms with Crippen LogP contribution in [0.5, 0.6) is 0 Å². The number of ether oxygens (including phenoxy) is 1. The standard InChI is InChI=1S/C16H20FNO4/c1-11(12-3-2-4-13(17)8-12)7-15(19)18-5-6-22-14(10-18)9-16(20)21/h2-4,8,11,14H,5-7,9-10H2,1H3,(H,20,21)/t11-,14-/m1/s1. The second-order valence-corrected chi connectivity index (χ2v) is 5.59. The molecule has 1 amide bonds. The molecule has 1 aliphatic rings. The summed E-state index contributed by atoms with van der Waals surface area (Å²) < 4.78 is 18.6. The highest BCUT2D eigenvalue weighted by Gasteiger charge is 2.26. The first-order valence-electron chi connectivity index (χ1n) is 7.32. The highest BCUT2D eigenvalue weighted by molar-refractivity contribution is 5.77. The number of carboxylic acid groups (broad SMARTS) is 1. The fourth-order valence-corrected chi connectivity index (χ4v) is 2.59. The molecule has 2 rings (SSSR count). The van der Waals surface area contributed by atoms with Gasteiger partial charge in [-0.25, -0.2) is 4.39 Å². The Morgan fingerprint density at radius 3 is 2.95 bits per heavy atom. The fourth-order valence-electron chi connectivity index (χ4n) is 2.59. The van der Waals surface area contributed by atoms with Crippen LogP contribution in [0.15, 0.2) is 24.3 Å². The van der Waals surface area contributed by atoms with Crippen molar-refractivity contribution in [1.82, 2.24) is 4.90 Å². The minimum absolute atomic E-state index is 0.0598. The number of carbonyl (C=O) groups excluding carboxylic acids is 1. The van der Waals surface area contributed by atoms with Crippen molar-refractivity contribution in [3.63, 3.8) is 0 Å². The van der Waals surface area contributed by atoms with E-state index in [0.717, 1.165) is 5.56 Å². The molecule has 22 heavy (non-hydrogen) atoms. The normalized spacial score (nSPS) is 19.7. The third-order valence-electron chi connectivity index (χ3n) is 3.79. The number of morpholine rings is 1. The van der Waals surface area contributed by atoms with E-state index in [1.54, 1.807) is 17.0 Å². The first-order valence-corrected chi connectivity index (χ1v) is 7.32. The minimum atomic E-state index is -0.938. The molecule has 5 nitrogen and oxygen atoms in total. The lowest BCUT2D eigenvalue weighted by molar-refractivity contribution is -0.147. The van der Waals surface area contributed by atoms with E-state index in [1.165, 1.54) is 12.1 Å². The van der Waals surface area contributed by atoms with Crippen molar-refractivity contribution in [1.29, 1.82) is 0 Å². The molecule has 0 radical (unpaired) electrons. The van der Waals surface area contributed by atoms with Crippen LogP contribution >= 0.6 is 0 Å². The van der Waals surface area contributed by atoms with Crippen molar-refractivity contribution in [2.45, 2.75) is 31.8 Å². The molecule has 1 saturated heterocycles. The Morgan fingerprint density at radius 1 is 1.50 bits per heavy atom. The molecule has 120 valence electrons. The van der Waals surface area contributed by atoms with Gasteiger partial charge in [0.25, 0.3) is 0 Å². The Bertz CT molecular complexity index is 549. The number of benzene rings is 1. The summed E-state index contributed by atoms with van der Waals surface area (Å²) in [6.07, 6.45) is -0.299. The van der Waals surface area contributed by atoms with E-state index in [2.05, 4.69) is 0 Å². The molecule has 0 spiro atoms. The molecule has 1 aliphatic heterocycles. The number of carboxylic acids is 1. The molecular weight excluding hydrogens is 289 g/mol. The Labute approximate surface area is 128 Å². The summed E-state index contributed by atoms with van der Waals surface area (Å²) in [5.74, 6) is -1.41. The number of nitrogens with zero attached hydrogens (tertiary/aromatic N) is 1. The molecule has 2 atom stereocenters. The van der Waals surface area contributed by atoms with Crippen LogP contribution in [-0.2, 0) is 14.3 Å². The summed E-state index contributed by atoms with van der Waals surface area (Å²) in [6.45, 7) is 2.98. The number of aliphatic carboxylic acids is 1. The Balaban J connectivity index is 1.92. The predicted molar refractivity (Wildman–Crippen MR) is 78.0 cm³/mol.